The lowest BCUT2D eigenvalue weighted by atomic mass is 10.2. The van der Waals surface area contributed by atoms with Crippen LogP contribution >= 0.6 is 11.3 Å². The second-order valence-electron chi connectivity index (χ2n) is 5.50. The van der Waals surface area contributed by atoms with Crippen LogP contribution in [-0.4, -0.2) is 39.9 Å². The maximum Gasteiger partial charge on any atom is 0.222 e. The standard InChI is InChI=1S/C15H20N4OS/c1-3-11-7-12-14(16-9-17-15(12)21-11)18-10(2)8-19-6-4-5-13(19)20/h7,9-10H,3-6,8H2,1-2H3,(H,16,17,18)/t10-/m1/s1. The predicted octanol–water partition coefficient (Wildman–Crippen LogP) is 2.68. The number of amides is 1. The van der Waals surface area contributed by atoms with Crippen LogP contribution in [0.3, 0.4) is 0 Å². The largest absolute Gasteiger partial charge is 0.365 e. The van der Waals surface area contributed by atoms with Gasteiger partial charge < -0.3 is 10.2 Å². The molecule has 0 spiro atoms. The van der Waals surface area contributed by atoms with Crippen LogP contribution in [0.2, 0.25) is 0 Å². The van der Waals surface area contributed by atoms with Crippen molar-refractivity contribution in [1.82, 2.24) is 14.9 Å². The molecule has 5 nitrogen and oxygen atoms in total. The minimum Gasteiger partial charge on any atom is -0.365 e. The first-order valence-corrected chi connectivity index (χ1v) is 8.26. The molecule has 112 valence electrons. The smallest absolute Gasteiger partial charge is 0.222 e. The molecular formula is C15H20N4OS. The number of hydrogen-bond acceptors (Lipinski definition) is 5. The number of carbonyl (C=O) groups excluding carboxylic acids is 1. The molecule has 0 radical (unpaired) electrons. The van der Waals surface area contributed by atoms with Crippen LogP contribution in [0, 0.1) is 0 Å². The number of likely N-dealkylation sites (tertiary alicyclic amines) is 1. The van der Waals surface area contributed by atoms with Gasteiger partial charge in [0.25, 0.3) is 0 Å². The Labute approximate surface area is 128 Å². The quantitative estimate of drug-likeness (QED) is 0.922. The molecule has 1 N–H and O–H groups in total. The Bertz CT molecular complexity index is 654. The number of anilines is 1. The molecular weight excluding hydrogens is 284 g/mol. The van der Waals surface area contributed by atoms with E-state index in [1.807, 2.05) is 4.90 Å². The first-order valence-electron chi connectivity index (χ1n) is 7.45. The normalized spacial score (nSPS) is 16.7. The first kappa shape index (κ1) is 14.3. The third kappa shape index (κ3) is 3.00. The Morgan fingerprint density at radius 3 is 3.05 bits per heavy atom. The number of carbonyl (C=O) groups is 1. The maximum absolute atomic E-state index is 11.7. The second kappa shape index (κ2) is 5.97. The molecule has 0 aromatic carbocycles. The fourth-order valence-corrected chi connectivity index (χ4v) is 3.64. The van der Waals surface area contributed by atoms with Gasteiger partial charge in [-0.05, 0) is 25.8 Å². The van der Waals surface area contributed by atoms with Crippen LogP contribution in [0.4, 0.5) is 5.82 Å². The fraction of sp³-hybridized carbons (Fsp3) is 0.533. The van der Waals surface area contributed by atoms with Gasteiger partial charge in [0, 0.05) is 30.4 Å². The highest BCUT2D eigenvalue weighted by atomic mass is 32.1. The van der Waals surface area contributed by atoms with Crippen LogP contribution < -0.4 is 5.32 Å². The molecule has 3 heterocycles. The summed E-state index contributed by atoms with van der Waals surface area (Å²) in [5.41, 5.74) is 0. The van der Waals surface area contributed by atoms with E-state index in [4.69, 9.17) is 0 Å². The van der Waals surface area contributed by atoms with Crippen molar-refractivity contribution in [2.24, 2.45) is 0 Å². The summed E-state index contributed by atoms with van der Waals surface area (Å²) in [5.74, 6) is 1.13. The number of nitrogens with one attached hydrogen (secondary N) is 1. The van der Waals surface area contributed by atoms with E-state index >= 15 is 0 Å². The first-order chi connectivity index (χ1) is 10.2. The molecule has 0 unspecified atom stereocenters. The summed E-state index contributed by atoms with van der Waals surface area (Å²) < 4.78 is 0. The summed E-state index contributed by atoms with van der Waals surface area (Å²) in [6.45, 7) is 5.84. The Morgan fingerprint density at radius 2 is 2.33 bits per heavy atom. The van der Waals surface area contributed by atoms with E-state index in [-0.39, 0.29) is 11.9 Å². The number of fused-ring (bicyclic) bond motifs is 1. The van der Waals surface area contributed by atoms with E-state index in [1.54, 1.807) is 17.7 Å². The number of rotatable bonds is 5. The predicted molar refractivity (Wildman–Crippen MR) is 85.7 cm³/mol. The summed E-state index contributed by atoms with van der Waals surface area (Å²) in [6, 6.07) is 2.34. The lowest BCUT2D eigenvalue weighted by Crippen LogP contribution is -2.35. The Balaban J connectivity index is 1.74. The van der Waals surface area contributed by atoms with Gasteiger partial charge in [-0.15, -0.1) is 11.3 Å². The van der Waals surface area contributed by atoms with Crippen LogP contribution in [0.25, 0.3) is 10.2 Å². The van der Waals surface area contributed by atoms with Crippen LogP contribution in [-0.2, 0) is 11.2 Å². The fourth-order valence-electron chi connectivity index (χ4n) is 2.70. The number of aryl methyl sites for hydroxylation is 1. The van der Waals surface area contributed by atoms with Gasteiger partial charge in [0.1, 0.15) is 17.0 Å². The molecule has 2 aromatic rings. The SMILES string of the molecule is CCc1cc2c(N[C@H](C)CN3CCCC3=O)ncnc2s1. The molecule has 1 fully saturated rings. The van der Waals surface area contributed by atoms with Crippen molar-refractivity contribution in [2.45, 2.75) is 39.2 Å². The minimum atomic E-state index is 0.176. The van der Waals surface area contributed by atoms with Crippen molar-refractivity contribution in [2.75, 3.05) is 18.4 Å². The third-order valence-electron chi connectivity index (χ3n) is 3.78. The van der Waals surface area contributed by atoms with Gasteiger partial charge >= 0.3 is 0 Å². The molecule has 1 aliphatic rings. The average Bonchev–Trinajstić information content (AvgIpc) is 3.06. The maximum atomic E-state index is 11.7. The molecule has 2 aromatic heterocycles. The number of hydrogen-bond donors (Lipinski definition) is 1. The van der Waals surface area contributed by atoms with E-state index in [1.165, 1.54) is 4.88 Å². The molecule has 0 aliphatic carbocycles. The van der Waals surface area contributed by atoms with Gasteiger partial charge in [0.15, 0.2) is 0 Å². The van der Waals surface area contributed by atoms with E-state index in [0.29, 0.717) is 6.42 Å². The zero-order valence-corrected chi connectivity index (χ0v) is 13.2. The van der Waals surface area contributed by atoms with E-state index in [0.717, 1.165) is 42.0 Å². The Morgan fingerprint density at radius 1 is 1.48 bits per heavy atom. The molecule has 1 atom stereocenters. The monoisotopic (exact) mass is 304 g/mol. The van der Waals surface area contributed by atoms with Gasteiger partial charge in [-0.2, -0.15) is 0 Å². The number of thiophene rings is 1. The summed E-state index contributed by atoms with van der Waals surface area (Å²) in [7, 11) is 0. The van der Waals surface area contributed by atoms with Crippen molar-refractivity contribution in [3.63, 3.8) is 0 Å². The summed E-state index contributed by atoms with van der Waals surface area (Å²) >= 11 is 1.72. The van der Waals surface area contributed by atoms with Gasteiger partial charge in [-0.25, -0.2) is 9.97 Å². The minimum absolute atomic E-state index is 0.176. The summed E-state index contributed by atoms with van der Waals surface area (Å²) in [4.78, 5) is 24.7. The van der Waals surface area contributed by atoms with Crippen LogP contribution in [0.15, 0.2) is 12.4 Å². The zero-order chi connectivity index (χ0) is 14.8. The van der Waals surface area contributed by atoms with Crippen molar-refractivity contribution in [3.05, 3.63) is 17.3 Å². The summed E-state index contributed by atoms with van der Waals surface area (Å²) in [5, 5.41) is 4.51. The molecule has 6 heteroatoms. The third-order valence-corrected chi connectivity index (χ3v) is 4.97. The van der Waals surface area contributed by atoms with Crippen molar-refractivity contribution >= 4 is 33.3 Å². The van der Waals surface area contributed by atoms with Gasteiger partial charge in [-0.1, -0.05) is 6.92 Å². The van der Waals surface area contributed by atoms with Crippen molar-refractivity contribution in [3.8, 4) is 0 Å². The molecule has 1 saturated heterocycles. The van der Waals surface area contributed by atoms with Crippen LogP contribution in [0.1, 0.15) is 31.6 Å². The highest BCUT2D eigenvalue weighted by Crippen LogP contribution is 2.28. The molecule has 0 bridgehead atoms. The Hall–Kier alpha value is -1.69. The van der Waals surface area contributed by atoms with Crippen molar-refractivity contribution < 1.29 is 4.79 Å². The second-order valence-corrected chi connectivity index (χ2v) is 6.61. The number of aromatic nitrogens is 2. The van der Waals surface area contributed by atoms with Gasteiger partial charge in [0.2, 0.25) is 5.91 Å². The lowest BCUT2D eigenvalue weighted by Gasteiger charge is -2.22. The number of nitrogens with zero attached hydrogens (tertiary/aromatic N) is 3. The highest BCUT2D eigenvalue weighted by molar-refractivity contribution is 7.18. The molecule has 3 rings (SSSR count). The summed E-state index contributed by atoms with van der Waals surface area (Å²) in [6.07, 6.45) is 4.29. The van der Waals surface area contributed by atoms with E-state index < -0.39 is 0 Å². The molecule has 21 heavy (non-hydrogen) atoms. The molecule has 1 amide bonds. The van der Waals surface area contributed by atoms with Crippen LogP contribution in [0.5, 0.6) is 0 Å². The van der Waals surface area contributed by atoms with E-state index in [2.05, 4.69) is 35.2 Å². The van der Waals surface area contributed by atoms with Gasteiger partial charge in [0.05, 0.1) is 5.39 Å². The lowest BCUT2D eigenvalue weighted by molar-refractivity contribution is -0.127. The zero-order valence-electron chi connectivity index (χ0n) is 12.4. The molecule has 0 saturated carbocycles. The van der Waals surface area contributed by atoms with Crippen molar-refractivity contribution in [1.29, 1.82) is 0 Å². The van der Waals surface area contributed by atoms with E-state index in [9.17, 15) is 4.79 Å². The molecule has 1 aliphatic heterocycles. The van der Waals surface area contributed by atoms with Gasteiger partial charge in [-0.3, -0.25) is 4.79 Å². The topological polar surface area (TPSA) is 58.1 Å². The average molecular weight is 304 g/mol. The Kier molecular flexibility index (Phi) is 4.05. The highest BCUT2D eigenvalue weighted by Gasteiger charge is 2.22.